The molecule has 0 bridgehead atoms. The number of rotatable bonds is 2. The summed E-state index contributed by atoms with van der Waals surface area (Å²) in [4.78, 5) is 0. The van der Waals surface area contributed by atoms with E-state index in [1.165, 1.54) is 6.92 Å². The van der Waals surface area contributed by atoms with Crippen molar-refractivity contribution in [3.63, 3.8) is 0 Å². The standard InChI is InChI=1S/C9H8F3O/c1-5(4-13)6-2-3-7(10)9(12)8(6)11/h2-3,13H,4H2,1H3. The van der Waals surface area contributed by atoms with Gasteiger partial charge in [-0.25, -0.2) is 13.2 Å². The molecule has 1 N–H and O–H groups in total. The van der Waals surface area contributed by atoms with Gasteiger partial charge in [-0.2, -0.15) is 0 Å². The fourth-order valence-electron chi connectivity index (χ4n) is 0.941. The summed E-state index contributed by atoms with van der Waals surface area (Å²) in [6.45, 7) is 1.05. The molecule has 1 nitrogen and oxygen atoms in total. The summed E-state index contributed by atoms with van der Waals surface area (Å²) in [6, 6.07) is 1.92. The summed E-state index contributed by atoms with van der Waals surface area (Å²) in [5.74, 6) is -3.74. The molecule has 13 heavy (non-hydrogen) atoms. The van der Waals surface area contributed by atoms with Crippen LogP contribution in [0.4, 0.5) is 13.2 Å². The van der Waals surface area contributed by atoms with E-state index in [1.54, 1.807) is 0 Å². The molecule has 1 radical (unpaired) electrons. The Hall–Kier alpha value is -1.03. The molecule has 0 aliphatic rings. The number of benzene rings is 1. The summed E-state index contributed by atoms with van der Waals surface area (Å²) >= 11 is 0. The summed E-state index contributed by atoms with van der Waals surface area (Å²) < 4.78 is 38.0. The van der Waals surface area contributed by atoms with Gasteiger partial charge in [-0.05, 0) is 6.07 Å². The minimum Gasteiger partial charge on any atom is -0.395 e. The molecular weight excluding hydrogens is 181 g/mol. The topological polar surface area (TPSA) is 20.2 Å². The molecule has 0 amide bonds. The molecular formula is C9H8F3O. The molecule has 0 heterocycles. The van der Waals surface area contributed by atoms with Gasteiger partial charge in [0.15, 0.2) is 17.5 Å². The first kappa shape index (κ1) is 10.1. The summed E-state index contributed by atoms with van der Waals surface area (Å²) in [7, 11) is 0. The van der Waals surface area contributed by atoms with Crippen LogP contribution in [0.3, 0.4) is 0 Å². The van der Waals surface area contributed by atoms with Crippen molar-refractivity contribution < 1.29 is 18.3 Å². The Labute approximate surface area is 73.8 Å². The maximum atomic E-state index is 13.0. The highest BCUT2D eigenvalue weighted by atomic mass is 19.2. The Morgan fingerprint density at radius 2 is 1.85 bits per heavy atom. The van der Waals surface area contributed by atoms with E-state index >= 15 is 0 Å². The van der Waals surface area contributed by atoms with E-state index in [-0.39, 0.29) is 18.1 Å². The molecule has 0 unspecified atom stereocenters. The molecule has 0 spiro atoms. The Bertz CT molecular complexity index is 312. The zero-order valence-corrected chi connectivity index (χ0v) is 6.94. The van der Waals surface area contributed by atoms with Crippen molar-refractivity contribution in [1.29, 1.82) is 0 Å². The molecule has 1 rings (SSSR count). The van der Waals surface area contributed by atoms with Crippen LogP contribution in [-0.4, -0.2) is 11.7 Å². The maximum Gasteiger partial charge on any atom is 0.194 e. The number of halogens is 3. The Morgan fingerprint density at radius 1 is 1.23 bits per heavy atom. The van der Waals surface area contributed by atoms with Crippen LogP contribution in [0.1, 0.15) is 12.5 Å². The molecule has 1 aromatic carbocycles. The van der Waals surface area contributed by atoms with E-state index in [0.29, 0.717) is 0 Å². The van der Waals surface area contributed by atoms with Crippen LogP contribution in [0.15, 0.2) is 12.1 Å². The van der Waals surface area contributed by atoms with Crippen LogP contribution in [0.2, 0.25) is 0 Å². The molecule has 71 valence electrons. The number of hydrogen-bond donors (Lipinski definition) is 1. The molecule has 0 aromatic heterocycles. The minimum atomic E-state index is -1.51. The van der Waals surface area contributed by atoms with E-state index in [4.69, 9.17) is 5.11 Å². The predicted octanol–water partition coefficient (Wildman–Crippen LogP) is 2.04. The van der Waals surface area contributed by atoms with Crippen molar-refractivity contribution >= 4 is 0 Å². The van der Waals surface area contributed by atoms with Gasteiger partial charge < -0.3 is 5.11 Å². The zero-order chi connectivity index (χ0) is 10.0. The second kappa shape index (κ2) is 3.79. The van der Waals surface area contributed by atoms with Crippen LogP contribution in [-0.2, 0) is 0 Å². The third kappa shape index (κ3) is 1.83. The van der Waals surface area contributed by atoms with Gasteiger partial charge >= 0.3 is 0 Å². The number of aliphatic hydroxyl groups excluding tert-OH is 1. The summed E-state index contributed by atoms with van der Waals surface area (Å²) in [5, 5.41) is 8.65. The van der Waals surface area contributed by atoms with Gasteiger partial charge in [-0.3, -0.25) is 0 Å². The fourth-order valence-corrected chi connectivity index (χ4v) is 0.941. The first-order valence-electron chi connectivity index (χ1n) is 3.65. The van der Waals surface area contributed by atoms with Crippen LogP contribution in [0.5, 0.6) is 0 Å². The first-order chi connectivity index (χ1) is 6.07. The van der Waals surface area contributed by atoms with Gasteiger partial charge in [0.05, 0.1) is 6.61 Å². The lowest BCUT2D eigenvalue weighted by atomic mass is 10.0. The molecule has 0 saturated heterocycles. The van der Waals surface area contributed by atoms with Gasteiger partial charge in [-0.1, -0.05) is 13.0 Å². The van der Waals surface area contributed by atoms with E-state index in [0.717, 1.165) is 12.1 Å². The molecule has 0 aliphatic heterocycles. The van der Waals surface area contributed by atoms with E-state index in [1.807, 2.05) is 0 Å². The average molecular weight is 189 g/mol. The van der Waals surface area contributed by atoms with Gasteiger partial charge in [0.1, 0.15) is 0 Å². The lowest BCUT2D eigenvalue weighted by molar-refractivity contribution is 0.312. The monoisotopic (exact) mass is 189 g/mol. The van der Waals surface area contributed by atoms with Crippen molar-refractivity contribution in [2.45, 2.75) is 6.92 Å². The number of hydrogen-bond acceptors (Lipinski definition) is 1. The second-order valence-corrected chi connectivity index (χ2v) is 2.66. The quantitative estimate of drug-likeness (QED) is 0.706. The average Bonchev–Trinajstić information content (AvgIpc) is 2.13. The highest BCUT2D eigenvalue weighted by Gasteiger charge is 2.17. The maximum absolute atomic E-state index is 13.0. The molecule has 0 atom stereocenters. The second-order valence-electron chi connectivity index (χ2n) is 2.66. The van der Waals surface area contributed by atoms with Gasteiger partial charge in [0, 0.05) is 11.5 Å². The largest absolute Gasteiger partial charge is 0.395 e. The van der Waals surface area contributed by atoms with Crippen molar-refractivity contribution in [2.24, 2.45) is 0 Å². The van der Waals surface area contributed by atoms with Gasteiger partial charge in [0.2, 0.25) is 0 Å². The lowest BCUT2D eigenvalue weighted by Crippen LogP contribution is -2.05. The number of aliphatic hydroxyl groups is 1. The summed E-state index contributed by atoms with van der Waals surface area (Å²) in [5.41, 5.74) is -0.0959. The molecule has 0 saturated carbocycles. The summed E-state index contributed by atoms with van der Waals surface area (Å²) in [6.07, 6.45) is 0. The van der Waals surface area contributed by atoms with Crippen molar-refractivity contribution in [3.05, 3.63) is 41.1 Å². The normalized spacial score (nSPS) is 10.9. The van der Waals surface area contributed by atoms with Crippen molar-refractivity contribution in [3.8, 4) is 0 Å². The highest BCUT2D eigenvalue weighted by molar-refractivity contribution is 5.32. The van der Waals surface area contributed by atoms with Crippen LogP contribution >= 0.6 is 0 Å². The van der Waals surface area contributed by atoms with Crippen LogP contribution in [0.25, 0.3) is 0 Å². The third-order valence-corrected chi connectivity index (χ3v) is 1.73. The smallest absolute Gasteiger partial charge is 0.194 e. The van der Waals surface area contributed by atoms with Gasteiger partial charge in [0.25, 0.3) is 0 Å². The molecule has 0 fully saturated rings. The molecule has 4 heteroatoms. The minimum absolute atomic E-state index is 0.0959. The fraction of sp³-hybridized carbons (Fsp3) is 0.222. The zero-order valence-electron chi connectivity index (χ0n) is 6.94. The predicted molar refractivity (Wildman–Crippen MR) is 41.4 cm³/mol. The van der Waals surface area contributed by atoms with Crippen LogP contribution < -0.4 is 0 Å². The van der Waals surface area contributed by atoms with Crippen molar-refractivity contribution in [2.75, 3.05) is 6.61 Å². The van der Waals surface area contributed by atoms with Crippen molar-refractivity contribution in [1.82, 2.24) is 0 Å². The Balaban J connectivity index is 3.18. The highest BCUT2D eigenvalue weighted by Crippen LogP contribution is 2.21. The Morgan fingerprint density at radius 3 is 2.38 bits per heavy atom. The van der Waals surface area contributed by atoms with E-state index < -0.39 is 17.5 Å². The molecule has 0 aliphatic carbocycles. The van der Waals surface area contributed by atoms with E-state index in [2.05, 4.69) is 0 Å². The van der Waals surface area contributed by atoms with Gasteiger partial charge in [-0.15, -0.1) is 0 Å². The lowest BCUT2D eigenvalue weighted by Gasteiger charge is -2.08. The third-order valence-electron chi connectivity index (χ3n) is 1.73. The van der Waals surface area contributed by atoms with Crippen LogP contribution in [0, 0.1) is 23.4 Å². The SMILES string of the molecule is C[C](CO)c1ccc(F)c(F)c1F. The first-order valence-corrected chi connectivity index (χ1v) is 3.65. The Kier molecular flexibility index (Phi) is 2.93. The molecule has 1 aromatic rings. The van der Waals surface area contributed by atoms with E-state index in [9.17, 15) is 13.2 Å².